The number of rotatable bonds is 5. The van der Waals surface area contributed by atoms with E-state index in [2.05, 4.69) is 51.9 Å². The average Bonchev–Trinajstić information content (AvgIpc) is 3.18. The predicted molar refractivity (Wildman–Crippen MR) is 126 cm³/mol. The summed E-state index contributed by atoms with van der Waals surface area (Å²) < 4.78 is 6.73. The quantitative estimate of drug-likeness (QED) is 0.294. The van der Waals surface area contributed by atoms with Gasteiger partial charge in [0.1, 0.15) is 11.3 Å². The van der Waals surface area contributed by atoms with Crippen LogP contribution in [0.15, 0.2) is 68.5 Å². The molecular formula is C24H20BrClN2O2. The van der Waals surface area contributed by atoms with E-state index in [1.165, 1.54) is 5.56 Å². The highest BCUT2D eigenvalue weighted by molar-refractivity contribution is 9.10. The molecule has 0 aliphatic heterocycles. The fourth-order valence-electron chi connectivity index (χ4n) is 3.16. The lowest BCUT2D eigenvalue weighted by molar-refractivity contribution is 0.474. The average molecular weight is 484 g/mol. The van der Waals surface area contributed by atoms with E-state index in [4.69, 9.17) is 16.0 Å². The van der Waals surface area contributed by atoms with Crippen molar-refractivity contribution >= 4 is 50.5 Å². The number of benzene rings is 3. The molecule has 1 heterocycles. The molecule has 4 nitrogen and oxygen atoms in total. The maximum atomic E-state index is 10.1. The van der Waals surface area contributed by atoms with Gasteiger partial charge in [0.15, 0.2) is 5.58 Å². The first kappa shape index (κ1) is 20.6. The molecule has 1 atom stereocenters. The highest BCUT2D eigenvalue weighted by atomic mass is 79.9. The molecule has 0 spiro atoms. The van der Waals surface area contributed by atoms with E-state index >= 15 is 0 Å². The molecular weight excluding hydrogens is 464 g/mol. The molecule has 0 amide bonds. The molecule has 1 N–H and O–H groups in total. The minimum absolute atomic E-state index is 0.00386. The van der Waals surface area contributed by atoms with Crippen molar-refractivity contribution in [3.05, 3.63) is 75.2 Å². The number of nitrogens with zero attached hydrogens (tertiary/aromatic N) is 2. The number of oxazole rings is 1. The minimum Gasteiger partial charge on any atom is -0.506 e. The van der Waals surface area contributed by atoms with Crippen molar-refractivity contribution in [1.82, 2.24) is 4.98 Å². The van der Waals surface area contributed by atoms with Crippen molar-refractivity contribution in [2.45, 2.75) is 26.2 Å². The van der Waals surface area contributed by atoms with Crippen LogP contribution in [0.3, 0.4) is 0 Å². The third-order valence-electron chi connectivity index (χ3n) is 5.10. The lowest BCUT2D eigenvalue weighted by Crippen LogP contribution is -1.90. The Bertz CT molecular complexity index is 1250. The van der Waals surface area contributed by atoms with E-state index in [9.17, 15) is 5.11 Å². The van der Waals surface area contributed by atoms with Crippen molar-refractivity contribution in [3.8, 4) is 17.2 Å². The third kappa shape index (κ3) is 4.27. The number of aromatic hydroxyl groups is 1. The number of fused-ring (bicyclic) bond motifs is 1. The van der Waals surface area contributed by atoms with E-state index in [-0.39, 0.29) is 10.8 Å². The zero-order valence-corrected chi connectivity index (χ0v) is 18.9. The number of aromatic nitrogens is 1. The van der Waals surface area contributed by atoms with Gasteiger partial charge in [0, 0.05) is 21.8 Å². The maximum absolute atomic E-state index is 10.1. The highest BCUT2D eigenvalue weighted by Crippen LogP contribution is 2.32. The Morgan fingerprint density at radius 2 is 2.03 bits per heavy atom. The predicted octanol–water partition coefficient (Wildman–Crippen LogP) is 7.88. The van der Waals surface area contributed by atoms with Crippen LogP contribution in [0.25, 0.3) is 22.6 Å². The number of phenolic OH excluding ortho intramolecular Hbond substituents is 1. The van der Waals surface area contributed by atoms with E-state index in [1.807, 2.05) is 30.3 Å². The lowest BCUT2D eigenvalue weighted by atomic mass is 9.98. The van der Waals surface area contributed by atoms with Crippen molar-refractivity contribution in [2.75, 3.05) is 0 Å². The van der Waals surface area contributed by atoms with Crippen molar-refractivity contribution in [1.29, 1.82) is 0 Å². The first-order valence-corrected chi connectivity index (χ1v) is 10.8. The van der Waals surface area contributed by atoms with Crippen LogP contribution in [0, 0.1) is 0 Å². The molecule has 1 unspecified atom stereocenters. The van der Waals surface area contributed by atoms with Gasteiger partial charge in [0.05, 0.1) is 10.7 Å². The standard InChI is InChI=1S/C24H20BrClN2O2/c1-3-14(2)15-7-8-22-21(11-15)28-24(30-22)16-5-4-6-19(10-16)27-13-17-9-18(25)12-20(26)23(17)29/h4-14,29H,3H2,1-2H3. The minimum atomic E-state index is -0.00386. The SMILES string of the molecule is CCC(C)c1ccc2oc(-c3cccc(N=Cc4cc(Br)cc(Cl)c4O)c3)nc2c1. The van der Waals surface area contributed by atoms with Crippen LogP contribution < -0.4 is 0 Å². The Kier molecular flexibility index (Phi) is 5.93. The molecule has 3 aromatic carbocycles. The molecule has 152 valence electrons. The molecule has 30 heavy (non-hydrogen) atoms. The van der Waals surface area contributed by atoms with Gasteiger partial charge in [-0.3, -0.25) is 4.99 Å². The van der Waals surface area contributed by atoms with E-state index < -0.39 is 0 Å². The summed E-state index contributed by atoms with van der Waals surface area (Å²) in [6.45, 7) is 4.39. The van der Waals surface area contributed by atoms with Crippen molar-refractivity contribution in [3.63, 3.8) is 0 Å². The zero-order valence-electron chi connectivity index (χ0n) is 16.6. The van der Waals surface area contributed by atoms with Crippen LogP contribution in [0.2, 0.25) is 5.02 Å². The summed E-state index contributed by atoms with van der Waals surface area (Å²) >= 11 is 9.40. The topological polar surface area (TPSA) is 58.6 Å². The van der Waals surface area contributed by atoms with Crippen LogP contribution >= 0.6 is 27.5 Å². The number of phenols is 1. The summed E-state index contributed by atoms with van der Waals surface area (Å²) in [5.41, 5.74) is 4.95. The van der Waals surface area contributed by atoms with Crippen molar-refractivity contribution in [2.24, 2.45) is 4.99 Å². The first-order valence-electron chi connectivity index (χ1n) is 9.67. The molecule has 6 heteroatoms. The second kappa shape index (κ2) is 8.62. The van der Waals surface area contributed by atoms with Crippen LogP contribution in [0.5, 0.6) is 5.75 Å². The Labute approximate surface area is 188 Å². The number of hydrogen-bond donors (Lipinski definition) is 1. The molecule has 0 radical (unpaired) electrons. The van der Waals surface area contributed by atoms with E-state index in [0.29, 0.717) is 23.1 Å². The van der Waals surface area contributed by atoms with Gasteiger partial charge in [-0.2, -0.15) is 0 Å². The summed E-state index contributed by atoms with van der Waals surface area (Å²) in [7, 11) is 0. The van der Waals surface area contributed by atoms with Crippen LogP contribution in [-0.4, -0.2) is 16.3 Å². The summed E-state index contributed by atoms with van der Waals surface area (Å²) in [5, 5.41) is 10.4. The van der Waals surface area contributed by atoms with Gasteiger partial charge in [-0.1, -0.05) is 53.5 Å². The lowest BCUT2D eigenvalue weighted by Gasteiger charge is -2.07. The van der Waals surface area contributed by atoms with Gasteiger partial charge in [0.2, 0.25) is 5.89 Å². The molecule has 0 bridgehead atoms. The number of halogens is 2. The molecule has 0 saturated heterocycles. The second-order valence-corrected chi connectivity index (χ2v) is 8.51. The number of aliphatic imine (C=N–C) groups is 1. The summed E-state index contributed by atoms with van der Waals surface area (Å²) in [5.74, 6) is 1.03. The molecule has 0 saturated carbocycles. The molecule has 0 aliphatic rings. The zero-order chi connectivity index (χ0) is 21.3. The van der Waals surface area contributed by atoms with Gasteiger partial charge in [0.25, 0.3) is 0 Å². The van der Waals surface area contributed by atoms with Gasteiger partial charge in [-0.25, -0.2) is 4.98 Å². The number of hydrogen-bond acceptors (Lipinski definition) is 4. The van der Waals surface area contributed by atoms with Crippen LogP contribution in [0.4, 0.5) is 5.69 Å². The van der Waals surface area contributed by atoms with Crippen LogP contribution in [0.1, 0.15) is 37.3 Å². The summed E-state index contributed by atoms with van der Waals surface area (Å²) in [6.07, 6.45) is 2.66. The largest absolute Gasteiger partial charge is 0.506 e. The fourth-order valence-corrected chi connectivity index (χ4v) is 3.99. The van der Waals surface area contributed by atoms with E-state index in [1.54, 1.807) is 18.3 Å². The fraction of sp³-hybridized carbons (Fsp3) is 0.167. The molecule has 4 rings (SSSR count). The Balaban J connectivity index is 1.65. The van der Waals surface area contributed by atoms with E-state index in [0.717, 1.165) is 27.6 Å². The Morgan fingerprint density at radius 1 is 1.20 bits per heavy atom. The monoisotopic (exact) mass is 482 g/mol. The smallest absolute Gasteiger partial charge is 0.227 e. The Morgan fingerprint density at radius 3 is 2.83 bits per heavy atom. The first-order chi connectivity index (χ1) is 14.4. The molecule has 4 aromatic rings. The molecule has 0 aliphatic carbocycles. The highest BCUT2D eigenvalue weighted by Gasteiger charge is 2.11. The molecule has 0 fully saturated rings. The maximum Gasteiger partial charge on any atom is 0.227 e. The van der Waals surface area contributed by atoms with Gasteiger partial charge in [-0.15, -0.1) is 0 Å². The van der Waals surface area contributed by atoms with Gasteiger partial charge >= 0.3 is 0 Å². The van der Waals surface area contributed by atoms with Gasteiger partial charge in [-0.05, 0) is 60.4 Å². The normalized spacial score (nSPS) is 12.7. The van der Waals surface area contributed by atoms with Crippen molar-refractivity contribution < 1.29 is 9.52 Å². The summed E-state index contributed by atoms with van der Waals surface area (Å²) in [4.78, 5) is 9.15. The molecule has 1 aromatic heterocycles. The summed E-state index contributed by atoms with van der Waals surface area (Å²) in [6, 6.07) is 17.2. The second-order valence-electron chi connectivity index (χ2n) is 7.19. The van der Waals surface area contributed by atoms with Crippen LogP contribution in [-0.2, 0) is 0 Å². The van der Waals surface area contributed by atoms with Gasteiger partial charge < -0.3 is 9.52 Å². The Hall–Kier alpha value is -2.63. The third-order valence-corrected chi connectivity index (χ3v) is 5.84.